The molecule has 1 aromatic rings. The fourth-order valence-electron chi connectivity index (χ4n) is 1.31. The Morgan fingerprint density at radius 2 is 2.00 bits per heavy atom. The summed E-state index contributed by atoms with van der Waals surface area (Å²) in [6.45, 7) is 2.16. The Bertz CT molecular complexity index is 393. The summed E-state index contributed by atoms with van der Waals surface area (Å²) in [7, 11) is 0. The van der Waals surface area contributed by atoms with Crippen molar-refractivity contribution in [3.05, 3.63) is 47.5 Å². The Morgan fingerprint density at radius 3 is 2.65 bits per heavy atom. The number of benzene rings is 1. The fraction of sp³-hybridized carbons (Fsp3) is 0.286. The summed E-state index contributed by atoms with van der Waals surface area (Å²) in [5, 5.41) is 0. The molecule has 0 aliphatic heterocycles. The van der Waals surface area contributed by atoms with Crippen molar-refractivity contribution >= 4 is 12.3 Å². The van der Waals surface area contributed by atoms with Crippen LogP contribution >= 0.6 is 0 Å². The van der Waals surface area contributed by atoms with E-state index >= 15 is 0 Å². The first-order chi connectivity index (χ1) is 8.24. The van der Waals surface area contributed by atoms with Crippen LogP contribution in [0.2, 0.25) is 0 Å². The van der Waals surface area contributed by atoms with Crippen LogP contribution in [0.3, 0.4) is 0 Å². The van der Waals surface area contributed by atoms with Gasteiger partial charge in [0.1, 0.15) is 12.9 Å². The summed E-state index contributed by atoms with van der Waals surface area (Å²) >= 11 is 0. The highest BCUT2D eigenvalue weighted by atomic mass is 16.5. The molecule has 0 radical (unpaired) electrons. The number of allylic oxidation sites excluding steroid dienone is 1. The molecule has 0 aliphatic rings. The van der Waals surface area contributed by atoms with Crippen LogP contribution in [0.1, 0.15) is 30.1 Å². The molecule has 0 amide bonds. The standard InChI is InChI=1S/C14H16O3/c1-12(6-5-10-15)9-11-17-14(16)13-7-3-2-4-8-13/h2-4,7-10H,5-6,11H2,1H3/b12-9+. The molecule has 0 aliphatic carbocycles. The molecule has 90 valence electrons. The van der Waals surface area contributed by atoms with Crippen molar-refractivity contribution < 1.29 is 14.3 Å². The summed E-state index contributed by atoms with van der Waals surface area (Å²) in [6, 6.07) is 8.86. The van der Waals surface area contributed by atoms with Crippen molar-refractivity contribution in [2.24, 2.45) is 0 Å². The van der Waals surface area contributed by atoms with E-state index < -0.39 is 0 Å². The summed E-state index contributed by atoms with van der Waals surface area (Å²) in [4.78, 5) is 21.7. The lowest BCUT2D eigenvalue weighted by Crippen LogP contribution is -2.05. The topological polar surface area (TPSA) is 43.4 Å². The van der Waals surface area contributed by atoms with Crippen molar-refractivity contribution in [2.75, 3.05) is 6.61 Å². The third kappa shape index (κ3) is 5.11. The lowest BCUT2D eigenvalue weighted by atomic mass is 10.2. The Balaban J connectivity index is 2.36. The van der Waals surface area contributed by atoms with Crippen LogP contribution in [0.15, 0.2) is 42.0 Å². The van der Waals surface area contributed by atoms with Crippen molar-refractivity contribution in [3.63, 3.8) is 0 Å². The van der Waals surface area contributed by atoms with Crippen molar-refractivity contribution in [1.29, 1.82) is 0 Å². The van der Waals surface area contributed by atoms with E-state index in [-0.39, 0.29) is 12.6 Å². The van der Waals surface area contributed by atoms with E-state index in [2.05, 4.69) is 0 Å². The minimum atomic E-state index is -0.329. The van der Waals surface area contributed by atoms with Gasteiger partial charge in [0.25, 0.3) is 0 Å². The van der Waals surface area contributed by atoms with Gasteiger partial charge >= 0.3 is 5.97 Å². The SMILES string of the molecule is C/C(=C\COC(=O)c1ccccc1)CCC=O. The first kappa shape index (κ1) is 13.2. The van der Waals surface area contributed by atoms with Crippen LogP contribution in [0, 0.1) is 0 Å². The van der Waals surface area contributed by atoms with Crippen LogP contribution in [0.25, 0.3) is 0 Å². The van der Waals surface area contributed by atoms with E-state index in [1.165, 1.54) is 0 Å². The molecule has 17 heavy (non-hydrogen) atoms. The molecule has 0 heterocycles. The minimum Gasteiger partial charge on any atom is -0.458 e. The van der Waals surface area contributed by atoms with Crippen LogP contribution < -0.4 is 0 Å². The molecule has 0 aromatic heterocycles. The number of hydrogen-bond acceptors (Lipinski definition) is 3. The fourth-order valence-corrected chi connectivity index (χ4v) is 1.31. The number of carbonyl (C=O) groups is 2. The van der Waals surface area contributed by atoms with Gasteiger partial charge in [-0.3, -0.25) is 0 Å². The van der Waals surface area contributed by atoms with Crippen LogP contribution in [-0.4, -0.2) is 18.9 Å². The van der Waals surface area contributed by atoms with E-state index in [0.717, 1.165) is 11.9 Å². The van der Waals surface area contributed by atoms with E-state index in [4.69, 9.17) is 4.74 Å². The van der Waals surface area contributed by atoms with Crippen molar-refractivity contribution in [2.45, 2.75) is 19.8 Å². The van der Waals surface area contributed by atoms with E-state index in [0.29, 0.717) is 18.4 Å². The number of rotatable bonds is 6. The average Bonchev–Trinajstić information content (AvgIpc) is 2.37. The van der Waals surface area contributed by atoms with Gasteiger partial charge < -0.3 is 9.53 Å². The van der Waals surface area contributed by atoms with Gasteiger partial charge in [-0.1, -0.05) is 23.8 Å². The van der Waals surface area contributed by atoms with E-state index in [9.17, 15) is 9.59 Å². The monoisotopic (exact) mass is 232 g/mol. The Hall–Kier alpha value is -1.90. The van der Waals surface area contributed by atoms with Gasteiger partial charge in [-0.05, 0) is 31.6 Å². The van der Waals surface area contributed by atoms with Gasteiger partial charge in [-0.2, -0.15) is 0 Å². The maximum Gasteiger partial charge on any atom is 0.338 e. The lowest BCUT2D eigenvalue weighted by molar-refractivity contribution is -0.107. The Kier molecular flexibility index (Phi) is 5.72. The van der Waals surface area contributed by atoms with E-state index in [1.807, 2.05) is 19.1 Å². The molecule has 0 spiro atoms. The van der Waals surface area contributed by atoms with Gasteiger partial charge in [-0.15, -0.1) is 0 Å². The maximum absolute atomic E-state index is 11.5. The van der Waals surface area contributed by atoms with Crippen LogP contribution in [-0.2, 0) is 9.53 Å². The van der Waals surface area contributed by atoms with Crippen LogP contribution in [0.4, 0.5) is 0 Å². The number of carbonyl (C=O) groups excluding carboxylic acids is 2. The lowest BCUT2D eigenvalue weighted by Gasteiger charge is -2.02. The second-order valence-electron chi connectivity index (χ2n) is 3.72. The largest absolute Gasteiger partial charge is 0.458 e. The highest BCUT2D eigenvalue weighted by molar-refractivity contribution is 5.89. The van der Waals surface area contributed by atoms with Crippen molar-refractivity contribution in [1.82, 2.24) is 0 Å². The molecule has 0 saturated heterocycles. The molecule has 0 saturated carbocycles. The molecule has 0 fully saturated rings. The number of ether oxygens (including phenoxy) is 1. The van der Waals surface area contributed by atoms with Crippen molar-refractivity contribution in [3.8, 4) is 0 Å². The van der Waals surface area contributed by atoms with E-state index in [1.54, 1.807) is 24.3 Å². The highest BCUT2D eigenvalue weighted by Gasteiger charge is 2.03. The summed E-state index contributed by atoms with van der Waals surface area (Å²) in [6.07, 6.45) is 3.93. The third-order valence-electron chi connectivity index (χ3n) is 2.31. The van der Waals surface area contributed by atoms with Gasteiger partial charge in [0.15, 0.2) is 0 Å². The molecule has 0 unspecified atom stereocenters. The zero-order valence-corrected chi connectivity index (χ0v) is 9.89. The summed E-state index contributed by atoms with van der Waals surface area (Å²) < 4.78 is 5.08. The zero-order valence-electron chi connectivity index (χ0n) is 9.89. The molecular formula is C14H16O3. The van der Waals surface area contributed by atoms with Crippen LogP contribution in [0.5, 0.6) is 0 Å². The Morgan fingerprint density at radius 1 is 1.29 bits per heavy atom. The van der Waals surface area contributed by atoms with Gasteiger partial charge in [0, 0.05) is 6.42 Å². The minimum absolute atomic E-state index is 0.248. The molecule has 3 heteroatoms. The van der Waals surface area contributed by atoms with Gasteiger partial charge in [0.2, 0.25) is 0 Å². The van der Waals surface area contributed by atoms with Gasteiger partial charge in [-0.25, -0.2) is 4.79 Å². The molecule has 0 bridgehead atoms. The predicted octanol–water partition coefficient (Wildman–Crippen LogP) is 2.77. The summed E-state index contributed by atoms with van der Waals surface area (Å²) in [5.74, 6) is -0.329. The molecule has 3 nitrogen and oxygen atoms in total. The first-order valence-corrected chi connectivity index (χ1v) is 5.55. The quantitative estimate of drug-likeness (QED) is 0.430. The normalized spacial score (nSPS) is 11.0. The molecule has 0 atom stereocenters. The first-order valence-electron chi connectivity index (χ1n) is 5.55. The number of aldehydes is 1. The third-order valence-corrected chi connectivity index (χ3v) is 2.31. The molecule has 1 aromatic carbocycles. The maximum atomic E-state index is 11.5. The molecule has 1 rings (SSSR count). The molecular weight excluding hydrogens is 216 g/mol. The zero-order chi connectivity index (χ0) is 12.5. The smallest absolute Gasteiger partial charge is 0.338 e. The summed E-state index contributed by atoms with van der Waals surface area (Å²) in [5.41, 5.74) is 1.60. The number of hydrogen-bond donors (Lipinski definition) is 0. The molecule has 0 N–H and O–H groups in total. The Labute approximate surface area is 101 Å². The second-order valence-corrected chi connectivity index (χ2v) is 3.72. The predicted molar refractivity (Wildman–Crippen MR) is 65.8 cm³/mol. The highest BCUT2D eigenvalue weighted by Crippen LogP contribution is 2.04. The second kappa shape index (κ2) is 7.39. The van der Waals surface area contributed by atoms with Gasteiger partial charge in [0.05, 0.1) is 5.56 Å². The number of esters is 1. The average molecular weight is 232 g/mol.